The van der Waals surface area contributed by atoms with E-state index in [0.29, 0.717) is 12.5 Å². The lowest BCUT2D eigenvalue weighted by Crippen LogP contribution is -2.34. The van der Waals surface area contributed by atoms with Gasteiger partial charge in [0.15, 0.2) is 0 Å². The molecule has 4 rings (SSSR count). The van der Waals surface area contributed by atoms with Crippen molar-refractivity contribution in [2.45, 2.75) is 31.6 Å². The molecule has 1 saturated heterocycles. The lowest BCUT2D eigenvalue weighted by Gasteiger charge is -2.31. The molecule has 0 radical (unpaired) electrons. The van der Waals surface area contributed by atoms with E-state index < -0.39 is 0 Å². The van der Waals surface area contributed by atoms with Gasteiger partial charge in [-0.3, -0.25) is 5.10 Å². The molecule has 1 aliphatic heterocycles. The topological polar surface area (TPSA) is 54.0 Å². The minimum absolute atomic E-state index is 0.558. The Morgan fingerprint density at radius 3 is 2.39 bits per heavy atom. The van der Waals surface area contributed by atoms with Gasteiger partial charge in [-0.2, -0.15) is 0 Å². The number of aromatic nitrogens is 3. The number of ether oxygens (including phenoxy) is 1. The molecule has 2 heterocycles. The van der Waals surface area contributed by atoms with Gasteiger partial charge >= 0.3 is 0 Å². The van der Waals surface area contributed by atoms with Gasteiger partial charge < -0.3 is 9.64 Å². The molecule has 3 aromatic rings. The van der Waals surface area contributed by atoms with Gasteiger partial charge in [0.2, 0.25) is 0 Å². The number of hydrogen-bond donors (Lipinski definition) is 1. The molecule has 5 nitrogen and oxygen atoms in total. The maximum atomic E-state index is 5.88. The van der Waals surface area contributed by atoms with Crippen LogP contribution in [-0.2, 0) is 12.8 Å². The third-order valence-corrected chi connectivity index (χ3v) is 5.58. The number of H-pyrrole nitrogens is 1. The van der Waals surface area contributed by atoms with Gasteiger partial charge in [-0.05, 0) is 55.6 Å². The number of nitrogens with zero attached hydrogens (tertiary/aromatic N) is 3. The molecule has 1 aromatic heterocycles. The van der Waals surface area contributed by atoms with Gasteiger partial charge in [-0.25, -0.2) is 0 Å². The Balaban J connectivity index is 1.17. The van der Waals surface area contributed by atoms with Crippen LogP contribution >= 0.6 is 0 Å². The number of benzene rings is 2. The molecule has 0 bridgehead atoms. The van der Waals surface area contributed by atoms with E-state index in [2.05, 4.69) is 68.8 Å². The van der Waals surface area contributed by atoms with Crippen molar-refractivity contribution < 1.29 is 4.74 Å². The Hall–Kier alpha value is -2.66. The van der Waals surface area contributed by atoms with E-state index in [1.807, 2.05) is 12.3 Å². The van der Waals surface area contributed by atoms with Crippen LogP contribution in [0.1, 0.15) is 35.6 Å². The van der Waals surface area contributed by atoms with E-state index in [4.69, 9.17) is 4.74 Å². The molecule has 0 atom stereocenters. The molecule has 0 unspecified atom stereocenters. The van der Waals surface area contributed by atoms with Crippen LogP contribution in [0.3, 0.4) is 0 Å². The summed E-state index contributed by atoms with van der Waals surface area (Å²) in [5.41, 5.74) is 3.79. The Kier molecular flexibility index (Phi) is 6.35. The summed E-state index contributed by atoms with van der Waals surface area (Å²) >= 11 is 0. The number of aromatic amines is 1. The zero-order chi connectivity index (χ0) is 19.0. The maximum absolute atomic E-state index is 5.88. The molecule has 5 heteroatoms. The molecule has 2 aromatic carbocycles. The highest BCUT2D eigenvalue weighted by molar-refractivity contribution is 5.27. The smallest absolute Gasteiger partial charge is 0.119 e. The third-order valence-electron chi connectivity index (χ3n) is 5.58. The highest BCUT2D eigenvalue weighted by Crippen LogP contribution is 2.26. The van der Waals surface area contributed by atoms with Crippen LogP contribution in [0, 0.1) is 0 Å². The van der Waals surface area contributed by atoms with Gasteiger partial charge in [-0.1, -0.05) is 47.7 Å². The van der Waals surface area contributed by atoms with Crippen molar-refractivity contribution in [3.8, 4) is 5.75 Å². The fraction of sp³-hybridized carbons (Fsp3) is 0.391. The summed E-state index contributed by atoms with van der Waals surface area (Å²) in [7, 11) is 0. The standard InChI is InChI=1S/C23H28N4O/c1-2-4-19(5-3-1)13-17-28-22-8-6-20(7-9-22)10-14-27-15-11-21(12-16-27)23-18-24-26-25-23/h1-9,18,21H,10-17H2,(H,24,25,26). The van der Waals surface area contributed by atoms with Crippen LogP contribution in [0.25, 0.3) is 0 Å². The van der Waals surface area contributed by atoms with Crippen molar-refractivity contribution in [2.75, 3.05) is 26.2 Å². The second-order valence-corrected chi connectivity index (χ2v) is 7.49. The van der Waals surface area contributed by atoms with Gasteiger partial charge in [0.25, 0.3) is 0 Å². The quantitative estimate of drug-likeness (QED) is 0.649. The zero-order valence-electron chi connectivity index (χ0n) is 16.3. The number of likely N-dealkylation sites (tertiary alicyclic amines) is 1. The maximum Gasteiger partial charge on any atom is 0.119 e. The van der Waals surface area contributed by atoms with Crippen molar-refractivity contribution in [1.29, 1.82) is 0 Å². The Morgan fingerprint density at radius 1 is 0.929 bits per heavy atom. The molecule has 1 fully saturated rings. The van der Waals surface area contributed by atoms with Crippen LogP contribution in [-0.4, -0.2) is 46.6 Å². The SMILES string of the molecule is c1ccc(CCOc2ccc(CCN3CCC(c4c[nH]nn4)CC3)cc2)cc1. The van der Waals surface area contributed by atoms with Gasteiger partial charge in [0.05, 0.1) is 12.3 Å². The van der Waals surface area contributed by atoms with Gasteiger partial charge in [-0.15, -0.1) is 5.10 Å². The molecule has 146 valence electrons. The largest absolute Gasteiger partial charge is 0.493 e. The summed E-state index contributed by atoms with van der Waals surface area (Å²) in [5.74, 6) is 1.51. The average Bonchev–Trinajstić information content (AvgIpc) is 3.29. The highest BCUT2D eigenvalue weighted by atomic mass is 16.5. The van der Waals surface area contributed by atoms with Crippen molar-refractivity contribution >= 4 is 0 Å². The van der Waals surface area contributed by atoms with E-state index in [9.17, 15) is 0 Å². The van der Waals surface area contributed by atoms with E-state index in [1.165, 1.54) is 24.0 Å². The lowest BCUT2D eigenvalue weighted by atomic mass is 9.94. The van der Waals surface area contributed by atoms with Crippen molar-refractivity contribution in [3.63, 3.8) is 0 Å². The van der Waals surface area contributed by atoms with Gasteiger partial charge in [0, 0.05) is 25.1 Å². The zero-order valence-corrected chi connectivity index (χ0v) is 16.3. The van der Waals surface area contributed by atoms with Crippen molar-refractivity contribution in [3.05, 3.63) is 77.6 Å². The number of rotatable bonds is 8. The molecule has 0 spiro atoms. The van der Waals surface area contributed by atoms with Crippen LogP contribution in [0.5, 0.6) is 5.75 Å². The minimum atomic E-state index is 0.558. The average molecular weight is 377 g/mol. The summed E-state index contributed by atoms with van der Waals surface area (Å²) in [6, 6.07) is 19.0. The summed E-state index contributed by atoms with van der Waals surface area (Å²) in [4.78, 5) is 2.56. The van der Waals surface area contributed by atoms with Crippen LogP contribution in [0.2, 0.25) is 0 Å². The molecule has 1 aliphatic rings. The first-order valence-corrected chi connectivity index (χ1v) is 10.2. The second-order valence-electron chi connectivity index (χ2n) is 7.49. The normalized spacial score (nSPS) is 15.6. The van der Waals surface area contributed by atoms with Crippen molar-refractivity contribution in [1.82, 2.24) is 20.3 Å². The van der Waals surface area contributed by atoms with E-state index in [0.717, 1.165) is 43.9 Å². The first-order valence-electron chi connectivity index (χ1n) is 10.2. The first kappa shape index (κ1) is 18.7. The van der Waals surface area contributed by atoms with Crippen LogP contribution in [0.15, 0.2) is 60.8 Å². The monoisotopic (exact) mass is 376 g/mol. The number of nitrogens with one attached hydrogen (secondary N) is 1. The fourth-order valence-electron chi connectivity index (χ4n) is 3.83. The fourth-order valence-corrected chi connectivity index (χ4v) is 3.83. The molecular weight excluding hydrogens is 348 g/mol. The Morgan fingerprint density at radius 2 is 1.68 bits per heavy atom. The van der Waals surface area contributed by atoms with Crippen LogP contribution < -0.4 is 4.74 Å². The number of piperidine rings is 1. The van der Waals surface area contributed by atoms with Crippen LogP contribution in [0.4, 0.5) is 0 Å². The minimum Gasteiger partial charge on any atom is -0.493 e. The first-order chi connectivity index (χ1) is 13.9. The van der Waals surface area contributed by atoms with Gasteiger partial charge in [0.1, 0.15) is 5.75 Å². The Bertz CT molecular complexity index is 810. The highest BCUT2D eigenvalue weighted by Gasteiger charge is 2.21. The lowest BCUT2D eigenvalue weighted by molar-refractivity contribution is 0.213. The summed E-state index contributed by atoms with van der Waals surface area (Å²) < 4.78 is 5.88. The Labute approximate surface area is 166 Å². The predicted octanol–water partition coefficient (Wildman–Crippen LogP) is 3.85. The molecular formula is C23H28N4O. The third kappa shape index (κ3) is 5.20. The molecule has 1 N–H and O–H groups in total. The molecule has 0 saturated carbocycles. The van der Waals surface area contributed by atoms with E-state index in [-0.39, 0.29) is 0 Å². The van der Waals surface area contributed by atoms with E-state index in [1.54, 1.807) is 0 Å². The number of hydrogen-bond acceptors (Lipinski definition) is 4. The van der Waals surface area contributed by atoms with E-state index >= 15 is 0 Å². The molecule has 0 aliphatic carbocycles. The second kappa shape index (κ2) is 9.51. The summed E-state index contributed by atoms with van der Waals surface area (Å²) in [5, 5.41) is 10.8. The molecule has 0 amide bonds. The summed E-state index contributed by atoms with van der Waals surface area (Å²) in [6.07, 6.45) is 6.29. The predicted molar refractivity (Wildman–Crippen MR) is 111 cm³/mol. The molecule has 28 heavy (non-hydrogen) atoms. The van der Waals surface area contributed by atoms with Crippen molar-refractivity contribution in [2.24, 2.45) is 0 Å². The summed E-state index contributed by atoms with van der Waals surface area (Å²) in [6.45, 7) is 4.10.